The largest absolute Gasteiger partial charge is 0.381 e. The maximum absolute atomic E-state index is 14.8. The number of hydrogen-bond acceptors (Lipinski definition) is 7. The molecule has 4 heterocycles. The standard InChI is InChI=1S/C26H33N5O4S/c1-3-18-14-20(35-19-8-12-34-13-9-19)15-21(18)26(10-5-4-6-17(26)2)36(32,33)25-30-29-23-16-28-24-22(31(23)25)7-11-27-24/h4-7,11,16,18-21,27H,3,8-10,12-15H2,1-2H3. The van der Waals surface area contributed by atoms with Crippen LogP contribution in [0.5, 0.6) is 0 Å². The predicted octanol–water partition coefficient (Wildman–Crippen LogP) is 4.02. The van der Waals surface area contributed by atoms with E-state index in [1.165, 1.54) is 0 Å². The van der Waals surface area contributed by atoms with Gasteiger partial charge in [0.05, 0.1) is 23.9 Å². The Bertz CT molecular complexity index is 1430. The number of aromatic nitrogens is 5. The van der Waals surface area contributed by atoms with Gasteiger partial charge in [0, 0.05) is 19.4 Å². The van der Waals surface area contributed by atoms with E-state index in [0.29, 0.717) is 29.7 Å². The lowest BCUT2D eigenvalue weighted by Crippen LogP contribution is -2.49. The molecule has 1 N–H and O–H groups in total. The lowest BCUT2D eigenvalue weighted by Gasteiger charge is -2.42. The van der Waals surface area contributed by atoms with Crippen LogP contribution in [0.1, 0.15) is 52.4 Å². The summed E-state index contributed by atoms with van der Waals surface area (Å²) < 4.78 is 42.2. The number of hydrogen-bond donors (Lipinski definition) is 1. The number of fused-ring (bicyclic) bond motifs is 3. The van der Waals surface area contributed by atoms with Crippen LogP contribution in [0, 0.1) is 11.8 Å². The molecule has 4 atom stereocenters. The Kier molecular flexibility index (Phi) is 6.00. The average molecular weight is 512 g/mol. The molecular weight excluding hydrogens is 478 g/mol. The van der Waals surface area contributed by atoms with E-state index in [1.807, 2.05) is 31.2 Å². The number of sulfone groups is 1. The smallest absolute Gasteiger partial charge is 0.255 e. The molecule has 1 saturated heterocycles. The van der Waals surface area contributed by atoms with E-state index in [-0.39, 0.29) is 29.2 Å². The first kappa shape index (κ1) is 23.8. The third-order valence-electron chi connectivity index (χ3n) is 8.53. The third-order valence-corrected chi connectivity index (χ3v) is 11.0. The summed E-state index contributed by atoms with van der Waals surface area (Å²) in [5.41, 5.74) is 2.53. The monoisotopic (exact) mass is 511 g/mol. The van der Waals surface area contributed by atoms with Gasteiger partial charge >= 0.3 is 0 Å². The lowest BCUT2D eigenvalue weighted by atomic mass is 9.74. The van der Waals surface area contributed by atoms with Gasteiger partial charge in [-0.2, -0.15) is 0 Å². The van der Waals surface area contributed by atoms with E-state index in [1.54, 1.807) is 16.8 Å². The molecular formula is C26H33N5O4S. The molecule has 3 aromatic rings. The third kappa shape index (κ3) is 3.56. The Morgan fingerprint density at radius 2 is 2.06 bits per heavy atom. The number of H-pyrrole nitrogens is 1. The van der Waals surface area contributed by atoms with Crippen LogP contribution in [0.3, 0.4) is 0 Å². The van der Waals surface area contributed by atoms with Crippen molar-refractivity contribution < 1.29 is 17.9 Å². The van der Waals surface area contributed by atoms with Crippen molar-refractivity contribution in [3.05, 3.63) is 42.3 Å². The van der Waals surface area contributed by atoms with Crippen LogP contribution >= 0.6 is 0 Å². The van der Waals surface area contributed by atoms with Crippen molar-refractivity contribution >= 4 is 26.6 Å². The van der Waals surface area contributed by atoms with Gasteiger partial charge in [-0.3, -0.25) is 4.40 Å². The van der Waals surface area contributed by atoms with E-state index < -0.39 is 14.6 Å². The summed E-state index contributed by atoms with van der Waals surface area (Å²) in [7, 11) is -3.96. The van der Waals surface area contributed by atoms with Gasteiger partial charge in [-0.25, -0.2) is 13.4 Å². The highest BCUT2D eigenvalue weighted by atomic mass is 32.2. The van der Waals surface area contributed by atoms with E-state index in [0.717, 1.165) is 44.5 Å². The minimum atomic E-state index is -3.96. The van der Waals surface area contributed by atoms with Crippen LogP contribution in [-0.4, -0.2) is 63.2 Å². The zero-order valence-corrected chi connectivity index (χ0v) is 21.6. The highest BCUT2D eigenvalue weighted by Crippen LogP contribution is 2.53. The summed E-state index contributed by atoms with van der Waals surface area (Å²) in [5.74, 6) is 0.141. The summed E-state index contributed by atoms with van der Waals surface area (Å²) in [6, 6.07) is 1.82. The van der Waals surface area contributed by atoms with Gasteiger partial charge in [0.2, 0.25) is 9.84 Å². The van der Waals surface area contributed by atoms with E-state index >= 15 is 0 Å². The molecule has 4 unspecified atom stereocenters. The Morgan fingerprint density at radius 1 is 1.22 bits per heavy atom. The highest BCUT2D eigenvalue weighted by molar-refractivity contribution is 7.93. The van der Waals surface area contributed by atoms with Crippen LogP contribution < -0.4 is 0 Å². The van der Waals surface area contributed by atoms with Gasteiger partial charge in [0.1, 0.15) is 4.75 Å². The van der Waals surface area contributed by atoms with E-state index in [9.17, 15) is 8.42 Å². The Balaban J connectivity index is 1.45. The van der Waals surface area contributed by atoms with Crippen molar-refractivity contribution in [2.75, 3.05) is 13.2 Å². The Labute approximate surface area is 210 Å². The molecule has 10 heteroatoms. The van der Waals surface area contributed by atoms with Crippen molar-refractivity contribution in [3.8, 4) is 0 Å². The minimum Gasteiger partial charge on any atom is -0.381 e. The second kappa shape index (κ2) is 9.08. The number of nitrogens with one attached hydrogen (secondary N) is 1. The molecule has 0 aromatic carbocycles. The molecule has 2 aliphatic carbocycles. The summed E-state index contributed by atoms with van der Waals surface area (Å²) in [4.78, 5) is 7.42. The minimum absolute atomic E-state index is 0.0174. The molecule has 0 amide bonds. The fourth-order valence-corrected chi connectivity index (χ4v) is 9.10. The number of nitrogens with zero attached hydrogens (tertiary/aromatic N) is 4. The maximum atomic E-state index is 14.8. The first-order valence-corrected chi connectivity index (χ1v) is 14.4. The van der Waals surface area contributed by atoms with Crippen molar-refractivity contribution in [3.63, 3.8) is 0 Å². The van der Waals surface area contributed by atoms with Crippen LogP contribution in [0.4, 0.5) is 0 Å². The van der Waals surface area contributed by atoms with E-state index in [4.69, 9.17) is 9.47 Å². The van der Waals surface area contributed by atoms with Gasteiger partial charge in [-0.1, -0.05) is 37.1 Å². The molecule has 3 aromatic heterocycles. The quantitative estimate of drug-likeness (QED) is 0.532. The molecule has 1 aliphatic heterocycles. The number of ether oxygens (including phenoxy) is 2. The highest BCUT2D eigenvalue weighted by Gasteiger charge is 2.58. The first-order chi connectivity index (χ1) is 17.5. The fourth-order valence-electron chi connectivity index (χ4n) is 6.70. The first-order valence-electron chi connectivity index (χ1n) is 12.9. The van der Waals surface area contributed by atoms with Gasteiger partial charge in [-0.05, 0) is 56.9 Å². The fraction of sp³-hybridized carbons (Fsp3) is 0.577. The molecule has 0 bridgehead atoms. The molecule has 6 rings (SSSR count). The lowest BCUT2D eigenvalue weighted by molar-refractivity contribution is -0.0675. The van der Waals surface area contributed by atoms with Crippen molar-refractivity contribution in [1.29, 1.82) is 0 Å². The average Bonchev–Trinajstić information content (AvgIpc) is 3.62. The van der Waals surface area contributed by atoms with E-state index in [2.05, 4.69) is 27.1 Å². The van der Waals surface area contributed by atoms with Crippen molar-refractivity contribution in [2.45, 2.75) is 74.5 Å². The second-order valence-electron chi connectivity index (χ2n) is 10.3. The Morgan fingerprint density at radius 3 is 2.83 bits per heavy atom. The molecule has 0 radical (unpaired) electrons. The van der Waals surface area contributed by atoms with Crippen molar-refractivity contribution in [1.82, 2.24) is 24.6 Å². The molecule has 2 fully saturated rings. The van der Waals surface area contributed by atoms with Crippen molar-refractivity contribution in [2.24, 2.45) is 11.8 Å². The Hall–Kier alpha value is -2.56. The SMILES string of the molecule is CCC1CC(OC2CCOCC2)CC1C1(S(=O)(=O)c2nnc3cnc4[nH]ccc4n23)CC=CC=C1C. The van der Waals surface area contributed by atoms with Gasteiger partial charge in [0.25, 0.3) is 5.16 Å². The predicted molar refractivity (Wildman–Crippen MR) is 135 cm³/mol. The normalized spacial score (nSPS) is 29.8. The zero-order valence-electron chi connectivity index (χ0n) is 20.8. The van der Waals surface area contributed by atoms with Gasteiger partial charge in [-0.15, -0.1) is 10.2 Å². The van der Waals surface area contributed by atoms with Crippen LogP contribution in [0.2, 0.25) is 0 Å². The summed E-state index contributed by atoms with van der Waals surface area (Å²) >= 11 is 0. The topological polar surface area (TPSA) is 111 Å². The molecule has 3 aliphatic rings. The molecule has 36 heavy (non-hydrogen) atoms. The zero-order chi connectivity index (χ0) is 24.9. The van der Waals surface area contributed by atoms with Gasteiger partial charge in [0.15, 0.2) is 11.3 Å². The molecule has 0 spiro atoms. The summed E-state index contributed by atoms with van der Waals surface area (Å²) in [6.45, 7) is 5.57. The summed E-state index contributed by atoms with van der Waals surface area (Å²) in [6.07, 6.45) is 14.1. The van der Waals surface area contributed by atoms with Crippen LogP contribution in [0.25, 0.3) is 16.8 Å². The van der Waals surface area contributed by atoms with Crippen LogP contribution in [0.15, 0.2) is 47.4 Å². The second-order valence-corrected chi connectivity index (χ2v) is 12.4. The number of allylic oxidation sites excluding steroid dienone is 3. The molecule has 9 nitrogen and oxygen atoms in total. The number of rotatable bonds is 6. The van der Waals surface area contributed by atoms with Gasteiger partial charge < -0.3 is 14.5 Å². The molecule has 1 saturated carbocycles. The number of aromatic amines is 1. The molecule has 192 valence electrons. The van der Waals surface area contributed by atoms with Crippen LogP contribution in [-0.2, 0) is 19.3 Å². The summed E-state index contributed by atoms with van der Waals surface area (Å²) in [5, 5.41) is 8.45. The maximum Gasteiger partial charge on any atom is 0.255 e.